The number of phenolic OH excluding ortho intramolecular Hbond substituents is 1. The molecule has 0 bridgehead atoms. The third-order valence-electron chi connectivity index (χ3n) is 4.03. The first kappa shape index (κ1) is 19.2. The van der Waals surface area contributed by atoms with Crippen molar-refractivity contribution in [2.24, 2.45) is 0 Å². The zero-order valence-corrected chi connectivity index (χ0v) is 16.6. The molecule has 0 unspecified atom stereocenters. The molecule has 0 atom stereocenters. The first-order valence-corrected chi connectivity index (χ1v) is 10.8. The molecule has 128 valence electrons. The monoisotopic (exact) mass is 326 g/mol. The molecule has 0 aliphatic carbocycles. The highest BCUT2D eigenvalue weighted by atomic mass is 32.3. The smallest absolute Gasteiger partial charge is 0.123 e. The fourth-order valence-electron chi connectivity index (χ4n) is 2.15. The molecule has 3 heteroatoms. The van der Waals surface area contributed by atoms with Crippen molar-refractivity contribution in [2.45, 2.75) is 59.3 Å². The lowest BCUT2D eigenvalue weighted by atomic mass is 9.79. The molecule has 22 heavy (non-hydrogen) atoms. The van der Waals surface area contributed by atoms with Crippen molar-refractivity contribution in [1.82, 2.24) is 0 Å². The minimum absolute atomic E-state index is 0.114. The van der Waals surface area contributed by atoms with Crippen LogP contribution in [-0.2, 0) is 10.8 Å². The van der Waals surface area contributed by atoms with Crippen molar-refractivity contribution >= 4 is 10.0 Å². The quantitative estimate of drug-likeness (QED) is 0.802. The van der Waals surface area contributed by atoms with Gasteiger partial charge < -0.3 is 9.84 Å². The minimum atomic E-state index is -0.709. The predicted octanol–water partition coefficient (Wildman–Crippen LogP) is 5.41. The van der Waals surface area contributed by atoms with Gasteiger partial charge in [0.15, 0.2) is 0 Å². The molecule has 0 heterocycles. The molecule has 1 aromatic rings. The number of aromatic hydroxyl groups is 1. The van der Waals surface area contributed by atoms with Gasteiger partial charge in [-0.1, -0.05) is 48.5 Å². The normalized spacial score (nSPS) is 14.0. The van der Waals surface area contributed by atoms with Crippen molar-refractivity contribution in [3.8, 4) is 11.5 Å². The molecular formula is C19H34O2S. The van der Waals surface area contributed by atoms with Gasteiger partial charge in [0, 0.05) is 11.1 Å². The summed E-state index contributed by atoms with van der Waals surface area (Å²) in [6.45, 7) is 15.0. The Labute approximate surface area is 138 Å². The lowest BCUT2D eigenvalue weighted by Gasteiger charge is -2.31. The summed E-state index contributed by atoms with van der Waals surface area (Å²) in [5.41, 5.74) is 1.69. The van der Waals surface area contributed by atoms with Crippen molar-refractivity contribution in [3.63, 3.8) is 0 Å². The maximum atomic E-state index is 10.7. The Kier molecular flexibility index (Phi) is 5.55. The van der Waals surface area contributed by atoms with Gasteiger partial charge in [0.25, 0.3) is 0 Å². The van der Waals surface area contributed by atoms with Crippen LogP contribution in [0.1, 0.15) is 59.6 Å². The van der Waals surface area contributed by atoms with Crippen LogP contribution in [0.4, 0.5) is 0 Å². The maximum absolute atomic E-state index is 10.7. The average Bonchev–Trinajstić information content (AvgIpc) is 2.34. The zero-order valence-electron chi connectivity index (χ0n) is 15.8. The van der Waals surface area contributed by atoms with E-state index >= 15 is 0 Å². The Hall–Kier alpha value is -0.830. The van der Waals surface area contributed by atoms with E-state index in [0.29, 0.717) is 5.75 Å². The molecule has 0 aromatic heterocycles. The second-order valence-electron chi connectivity index (χ2n) is 8.68. The van der Waals surface area contributed by atoms with Crippen LogP contribution < -0.4 is 4.74 Å². The molecule has 1 aromatic carbocycles. The Bertz CT molecular complexity index is 484. The number of hydrogen-bond donors (Lipinski definition) is 1. The molecule has 0 aliphatic rings. The fraction of sp³-hybridized carbons (Fsp3) is 0.684. The van der Waals surface area contributed by atoms with E-state index in [4.69, 9.17) is 4.74 Å². The molecule has 2 nitrogen and oxygen atoms in total. The van der Waals surface area contributed by atoms with Gasteiger partial charge in [0.1, 0.15) is 17.4 Å². The molecule has 1 rings (SSSR count). The van der Waals surface area contributed by atoms with Gasteiger partial charge >= 0.3 is 0 Å². The summed E-state index contributed by atoms with van der Waals surface area (Å²) in [5, 5.41) is 10.7. The standard InChI is InChI=1S/C19H34O2S/c1-10-22(8,9)13-21-14-11-15(18(2,3)4)17(20)16(12-14)19(5,6)7/h11-12,20H,10,13H2,1-9H3. The molecule has 0 radical (unpaired) electrons. The van der Waals surface area contributed by atoms with Crippen LogP contribution in [0.3, 0.4) is 0 Å². The Balaban J connectivity index is 3.30. The van der Waals surface area contributed by atoms with Gasteiger partial charge in [-0.2, -0.15) is 0 Å². The molecule has 0 aliphatic heterocycles. The number of hydrogen-bond acceptors (Lipinski definition) is 2. The van der Waals surface area contributed by atoms with E-state index in [0.717, 1.165) is 28.6 Å². The first-order chi connectivity index (χ1) is 9.78. The average molecular weight is 327 g/mol. The highest BCUT2D eigenvalue weighted by Gasteiger charge is 2.27. The summed E-state index contributed by atoms with van der Waals surface area (Å²) in [6.07, 6.45) is 4.59. The summed E-state index contributed by atoms with van der Waals surface area (Å²) < 4.78 is 6.11. The number of benzene rings is 1. The highest BCUT2D eigenvalue weighted by Crippen LogP contribution is 2.43. The van der Waals surface area contributed by atoms with Gasteiger partial charge in [0.05, 0.1) is 0 Å². The molecule has 0 saturated carbocycles. The number of phenols is 1. The van der Waals surface area contributed by atoms with E-state index in [-0.39, 0.29) is 10.8 Å². The fourth-order valence-corrected chi connectivity index (χ4v) is 2.77. The topological polar surface area (TPSA) is 29.5 Å². The third kappa shape index (κ3) is 4.84. The Morgan fingerprint density at radius 3 is 1.68 bits per heavy atom. The van der Waals surface area contributed by atoms with Crippen LogP contribution in [0.2, 0.25) is 0 Å². The van der Waals surface area contributed by atoms with Crippen LogP contribution in [-0.4, -0.2) is 29.3 Å². The van der Waals surface area contributed by atoms with Crippen molar-refractivity contribution < 1.29 is 9.84 Å². The third-order valence-corrected chi connectivity index (χ3v) is 6.34. The van der Waals surface area contributed by atoms with E-state index in [9.17, 15) is 5.11 Å². The van der Waals surface area contributed by atoms with E-state index in [1.165, 1.54) is 0 Å². The SMILES string of the molecule is CCS(C)(C)COc1cc(C(C)(C)C)c(O)c(C(C)(C)C)c1. The second-order valence-corrected chi connectivity index (χ2v) is 13.0. The molecule has 0 amide bonds. The Morgan fingerprint density at radius 2 is 1.36 bits per heavy atom. The Morgan fingerprint density at radius 1 is 0.955 bits per heavy atom. The molecule has 0 spiro atoms. The second kappa shape index (κ2) is 6.35. The lowest BCUT2D eigenvalue weighted by molar-refractivity contribution is 0.378. The van der Waals surface area contributed by atoms with Crippen molar-refractivity contribution in [3.05, 3.63) is 23.3 Å². The van der Waals surface area contributed by atoms with E-state index in [2.05, 4.69) is 61.0 Å². The van der Waals surface area contributed by atoms with Crippen molar-refractivity contribution in [1.29, 1.82) is 0 Å². The van der Waals surface area contributed by atoms with Gasteiger partial charge in [-0.05, 0) is 41.2 Å². The summed E-state index contributed by atoms with van der Waals surface area (Å²) in [6, 6.07) is 4.02. The number of ether oxygens (including phenoxy) is 1. The maximum Gasteiger partial charge on any atom is 0.123 e. The van der Waals surface area contributed by atoms with E-state index in [1.54, 1.807) is 0 Å². The molecule has 0 fully saturated rings. The lowest BCUT2D eigenvalue weighted by Crippen LogP contribution is -2.18. The van der Waals surface area contributed by atoms with Gasteiger partial charge in [-0.15, -0.1) is 0 Å². The highest BCUT2D eigenvalue weighted by molar-refractivity contribution is 8.32. The first-order valence-electron chi connectivity index (χ1n) is 7.97. The van der Waals surface area contributed by atoms with E-state index in [1.807, 2.05) is 12.1 Å². The molecule has 1 N–H and O–H groups in total. The van der Waals surface area contributed by atoms with Gasteiger partial charge in [0.2, 0.25) is 0 Å². The van der Waals surface area contributed by atoms with Gasteiger partial charge in [-0.3, -0.25) is 0 Å². The van der Waals surface area contributed by atoms with Crippen LogP contribution in [0.5, 0.6) is 11.5 Å². The van der Waals surface area contributed by atoms with Crippen LogP contribution >= 0.6 is 10.0 Å². The van der Waals surface area contributed by atoms with Crippen molar-refractivity contribution in [2.75, 3.05) is 24.2 Å². The summed E-state index contributed by atoms with van der Waals surface area (Å²) >= 11 is 0. The number of rotatable bonds is 4. The summed E-state index contributed by atoms with van der Waals surface area (Å²) in [7, 11) is -0.709. The van der Waals surface area contributed by atoms with Crippen LogP contribution in [0.15, 0.2) is 12.1 Å². The summed E-state index contributed by atoms with van der Waals surface area (Å²) in [5.74, 6) is 3.21. The summed E-state index contributed by atoms with van der Waals surface area (Å²) in [4.78, 5) is 0. The predicted molar refractivity (Wildman–Crippen MR) is 101 cm³/mol. The zero-order chi connectivity index (χ0) is 17.3. The van der Waals surface area contributed by atoms with E-state index < -0.39 is 10.0 Å². The van der Waals surface area contributed by atoms with Crippen LogP contribution in [0.25, 0.3) is 0 Å². The van der Waals surface area contributed by atoms with Gasteiger partial charge in [-0.25, -0.2) is 10.0 Å². The largest absolute Gasteiger partial charge is 0.507 e. The molecular weight excluding hydrogens is 292 g/mol. The minimum Gasteiger partial charge on any atom is -0.507 e. The molecule has 0 saturated heterocycles. The van der Waals surface area contributed by atoms with Crippen LogP contribution in [0, 0.1) is 0 Å².